The van der Waals surface area contributed by atoms with Crippen LogP contribution in [0.25, 0.3) is 0 Å². The number of ether oxygens (including phenoxy) is 2. The van der Waals surface area contributed by atoms with Crippen molar-refractivity contribution in [1.29, 1.82) is 0 Å². The molecule has 0 fully saturated rings. The zero-order valence-corrected chi connectivity index (χ0v) is 11.6. The number of halogens is 1. The predicted octanol–water partition coefficient (Wildman–Crippen LogP) is 2.33. The van der Waals surface area contributed by atoms with E-state index in [0.717, 1.165) is 12.0 Å². The largest absolute Gasteiger partial charge is 0.496 e. The van der Waals surface area contributed by atoms with Gasteiger partial charge in [0.15, 0.2) is 0 Å². The third-order valence-corrected chi connectivity index (χ3v) is 3.38. The first-order chi connectivity index (χ1) is 7.91. The lowest BCUT2D eigenvalue weighted by Crippen LogP contribution is -2.01. The van der Waals surface area contributed by atoms with Crippen molar-refractivity contribution < 1.29 is 17.9 Å². The summed E-state index contributed by atoms with van der Waals surface area (Å²) in [5.74, 6) is 0.869. The van der Waals surface area contributed by atoms with E-state index in [0.29, 0.717) is 17.1 Å². The Morgan fingerprint density at radius 1 is 1.12 bits per heavy atom. The summed E-state index contributed by atoms with van der Waals surface area (Å²) in [6, 6.07) is 3.42. The fraction of sp³-hybridized carbons (Fsp3) is 0.455. The van der Waals surface area contributed by atoms with E-state index in [1.807, 2.05) is 6.92 Å². The van der Waals surface area contributed by atoms with Crippen LogP contribution in [0.3, 0.4) is 0 Å². The summed E-state index contributed by atoms with van der Waals surface area (Å²) in [5.41, 5.74) is 1.46. The van der Waals surface area contributed by atoms with Crippen LogP contribution >= 0.6 is 10.7 Å². The number of hydrogen-bond acceptors (Lipinski definition) is 4. The molecule has 0 radical (unpaired) electrons. The molecule has 0 saturated heterocycles. The molecule has 1 aromatic carbocycles. The highest BCUT2D eigenvalue weighted by molar-refractivity contribution is 8.13. The van der Waals surface area contributed by atoms with Gasteiger partial charge in [-0.2, -0.15) is 0 Å². The monoisotopic (exact) mass is 278 g/mol. The van der Waals surface area contributed by atoms with Gasteiger partial charge in [-0.25, -0.2) is 8.42 Å². The van der Waals surface area contributed by atoms with Crippen molar-refractivity contribution in [3.8, 4) is 11.5 Å². The SMILES string of the molecule is CCc1cc(OC)c(CS(=O)(=O)Cl)cc1OC. The van der Waals surface area contributed by atoms with Crippen molar-refractivity contribution in [3.63, 3.8) is 0 Å². The average molecular weight is 279 g/mol. The number of methoxy groups -OCH3 is 2. The second kappa shape index (κ2) is 5.60. The maximum absolute atomic E-state index is 11.1. The molecule has 0 atom stereocenters. The average Bonchev–Trinajstić information content (AvgIpc) is 2.26. The van der Waals surface area contributed by atoms with Crippen LogP contribution < -0.4 is 9.47 Å². The molecule has 1 aromatic rings. The van der Waals surface area contributed by atoms with Crippen LogP contribution in [0.1, 0.15) is 18.1 Å². The molecule has 17 heavy (non-hydrogen) atoms. The van der Waals surface area contributed by atoms with Crippen molar-refractivity contribution in [2.45, 2.75) is 19.1 Å². The highest BCUT2D eigenvalue weighted by Gasteiger charge is 2.15. The summed E-state index contributed by atoms with van der Waals surface area (Å²) in [6.07, 6.45) is 0.771. The Balaban J connectivity index is 3.28. The van der Waals surface area contributed by atoms with Gasteiger partial charge in [0.05, 0.1) is 20.0 Å². The van der Waals surface area contributed by atoms with Crippen LogP contribution in [0.4, 0.5) is 0 Å². The molecular weight excluding hydrogens is 264 g/mol. The molecule has 0 aliphatic rings. The van der Waals surface area contributed by atoms with Crippen LogP contribution in [-0.4, -0.2) is 22.6 Å². The molecule has 1 rings (SSSR count). The van der Waals surface area contributed by atoms with Gasteiger partial charge in [0.1, 0.15) is 11.5 Å². The van der Waals surface area contributed by atoms with Gasteiger partial charge in [-0.15, -0.1) is 0 Å². The van der Waals surface area contributed by atoms with E-state index < -0.39 is 9.05 Å². The quantitative estimate of drug-likeness (QED) is 0.776. The smallest absolute Gasteiger partial charge is 0.236 e. The standard InChI is InChI=1S/C11H15ClO4S/c1-4-8-5-11(16-3)9(6-10(8)15-2)7-17(12,13)14/h5-6H,4,7H2,1-3H3. The van der Waals surface area contributed by atoms with Crippen molar-refractivity contribution in [2.24, 2.45) is 0 Å². The van der Waals surface area contributed by atoms with E-state index in [1.54, 1.807) is 19.2 Å². The van der Waals surface area contributed by atoms with Gasteiger partial charge in [-0.1, -0.05) is 6.92 Å². The zero-order valence-electron chi connectivity index (χ0n) is 9.99. The van der Waals surface area contributed by atoms with Crippen molar-refractivity contribution in [2.75, 3.05) is 14.2 Å². The number of benzene rings is 1. The predicted molar refractivity (Wildman–Crippen MR) is 67.4 cm³/mol. The topological polar surface area (TPSA) is 52.6 Å². The molecule has 0 aromatic heterocycles. The highest BCUT2D eigenvalue weighted by atomic mass is 35.7. The lowest BCUT2D eigenvalue weighted by Gasteiger charge is -2.13. The summed E-state index contributed by atoms with van der Waals surface area (Å²) < 4.78 is 32.5. The maximum Gasteiger partial charge on any atom is 0.236 e. The summed E-state index contributed by atoms with van der Waals surface area (Å²) in [6.45, 7) is 1.98. The van der Waals surface area contributed by atoms with Crippen molar-refractivity contribution >= 4 is 19.7 Å². The second-order valence-electron chi connectivity index (χ2n) is 3.51. The van der Waals surface area contributed by atoms with Crippen molar-refractivity contribution in [3.05, 3.63) is 23.3 Å². The summed E-state index contributed by atoms with van der Waals surface area (Å²) in [4.78, 5) is 0. The maximum atomic E-state index is 11.1. The Bertz CT molecular complexity index is 496. The van der Waals surface area contributed by atoms with Crippen LogP contribution in [0, 0.1) is 0 Å². The Kier molecular flexibility index (Phi) is 4.65. The zero-order chi connectivity index (χ0) is 13.1. The van der Waals surface area contributed by atoms with Gasteiger partial charge in [0.25, 0.3) is 0 Å². The minimum Gasteiger partial charge on any atom is -0.496 e. The second-order valence-corrected chi connectivity index (χ2v) is 6.29. The Hall–Kier alpha value is -0.940. The van der Waals surface area contributed by atoms with Crippen LogP contribution in [0.5, 0.6) is 11.5 Å². The van der Waals surface area contributed by atoms with Crippen LogP contribution in [0.15, 0.2) is 12.1 Å². The molecule has 96 valence electrons. The molecule has 0 unspecified atom stereocenters. The molecule has 0 amide bonds. The molecule has 0 aliphatic carbocycles. The Morgan fingerprint density at radius 3 is 2.00 bits per heavy atom. The molecule has 0 heterocycles. The summed E-state index contributed by atoms with van der Waals surface area (Å²) in [5, 5.41) is 0. The lowest BCUT2D eigenvalue weighted by atomic mass is 10.1. The first kappa shape index (κ1) is 14.1. The van der Waals surface area contributed by atoms with E-state index >= 15 is 0 Å². The van der Waals surface area contributed by atoms with Gasteiger partial charge < -0.3 is 9.47 Å². The molecule has 0 saturated carbocycles. The Labute approximate surface area is 106 Å². The minimum absolute atomic E-state index is 0.280. The molecular formula is C11H15ClO4S. The molecule has 0 bridgehead atoms. The van der Waals surface area contributed by atoms with Crippen molar-refractivity contribution in [1.82, 2.24) is 0 Å². The van der Waals surface area contributed by atoms with Gasteiger partial charge >= 0.3 is 0 Å². The van der Waals surface area contributed by atoms with E-state index in [1.165, 1.54) is 7.11 Å². The lowest BCUT2D eigenvalue weighted by molar-refractivity contribution is 0.396. The van der Waals surface area contributed by atoms with Crippen LogP contribution in [-0.2, 0) is 21.2 Å². The fourth-order valence-corrected chi connectivity index (χ4v) is 2.55. The minimum atomic E-state index is -3.62. The molecule has 6 heteroatoms. The number of hydrogen-bond donors (Lipinski definition) is 0. The van der Waals surface area contributed by atoms with E-state index in [-0.39, 0.29) is 5.75 Å². The molecule has 0 N–H and O–H groups in total. The van der Waals surface area contributed by atoms with Crippen LogP contribution in [0.2, 0.25) is 0 Å². The summed E-state index contributed by atoms with van der Waals surface area (Å²) >= 11 is 0. The fourth-order valence-electron chi connectivity index (χ4n) is 1.60. The van der Waals surface area contributed by atoms with Gasteiger partial charge in [-0.3, -0.25) is 0 Å². The third-order valence-electron chi connectivity index (χ3n) is 2.39. The molecule has 0 spiro atoms. The normalized spacial score (nSPS) is 11.3. The highest BCUT2D eigenvalue weighted by Crippen LogP contribution is 2.31. The van der Waals surface area contributed by atoms with Gasteiger partial charge in [0.2, 0.25) is 9.05 Å². The molecule has 4 nitrogen and oxygen atoms in total. The molecule has 0 aliphatic heterocycles. The first-order valence-electron chi connectivity index (χ1n) is 5.07. The Morgan fingerprint density at radius 2 is 1.59 bits per heavy atom. The third kappa shape index (κ3) is 3.78. The van der Waals surface area contributed by atoms with Gasteiger partial charge in [0, 0.05) is 16.2 Å². The number of rotatable bonds is 5. The first-order valence-corrected chi connectivity index (χ1v) is 7.55. The van der Waals surface area contributed by atoms with E-state index in [9.17, 15) is 8.42 Å². The van der Waals surface area contributed by atoms with E-state index in [4.69, 9.17) is 20.2 Å². The number of aryl methyl sites for hydroxylation is 1. The van der Waals surface area contributed by atoms with Gasteiger partial charge in [-0.05, 0) is 24.1 Å². The summed E-state index contributed by atoms with van der Waals surface area (Å²) in [7, 11) is 4.66. The van der Waals surface area contributed by atoms with E-state index in [2.05, 4.69) is 0 Å².